The number of carbonyl (C=O) groups is 1. The van der Waals surface area contributed by atoms with E-state index < -0.39 is 11.0 Å². The lowest BCUT2D eigenvalue weighted by molar-refractivity contribution is -0.402. The number of carbonyl (C=O) groups excluding carboxylic acids is 1. The lowest BCUT2D eigenvalue weighted by Crippen LogP contribution is -2.19. The Morgan fingerprint density at radius 3 is 3.11 bits per heavy atom. The van der Waals surface area contributed by atoms with Gasteiger partial charge in [-0.05, 0) is 12.3 Å². The van der Waals surface area contributed by atoms with Gasteiger partial charge in [0.25, 0.3) is 0 Å². The van der Waals surface area contributed by atoms with E-state index in [2.05, 4.69) is 5.10 Å². The molecule has 1 atom stereocenters. The second-order valence-corrected chi connectivity index (χ2v) is 4.63. The van der Waals surface area contributed by atoms with Crippen LogP contribution in [-0.2, 0) is 4.74 Å². The van der Waals surface area contributed by atoms with Gasteiger partial charge in [-0.1, -0.05) is 0 Å². The van der Waals surface area contributed by atoms with E-state index in [9.17, 15) is 14.9 Å². The first kappa shape index (κ1) is 13.4. The first-order chi connectivity index (χ1) is 9.10. The summed E-state index contributed by atoms with van der Waals surface area (Å²) in [6.45, 7) is 0.360. The summed E-state index contributed by atoms with van der Waals surface area (Å²) in [5, 5.41) is 15.5. The van der Waals surface area contributed by atoms with E-state index in [1.165, 1.54) is 18.3 Å². The minimum Gasteiger partial charge on any atom is -0.442 e. The van der Waals surface area contributed by atoms with Crippen LogP contribution in [0.1, 0.15) is 5.76 Å². The summed E-state index contributed by atoms with van der Waals surface area (Å²) in [5.41, 5.74) is 0. The molecule has 1 saturated heterocycles. The monoisotopic (exact) mass is 285 g/mol. The number of rotatable bonds is 5. The van der Waals surface area contributed by atoms with E-state index in [1.807, 2.05) is 6.26 Å². The van der Waals surface area contributed by atoms with Gasteiger partial charge in [-0.2, -0.15) is 21.9 Å². The molecule has 2 rings (SSSR count). The highest BCUT2D eigenvalue weighted by molar-refractivity contribution is 7.98. The molecule has 8 nitrogen and oxygen atoms in total. The average molecular weight is 285 g/mol. The maximum Gasteiger partial charge on any atom is 0.433 e. The fourth-order valence-electron chi connectivity index (χ4n) is 1.51. The molecule has 1 aromatic heterocycles. The fraction of sp³-hybridized carbons (Fsp3) is 0.400. The van der Waals surface area contributed by atoms with Crippen LogP contribution in [-0.4, -0.2) is 46.9 Å². The topological polar surface area (TPSA) is 98.2 Å². The smallest absolute Gasteiger partial charge is 0.433 e. The van der Waals surface area contributed by atoms with Crippen molar-refractivity contribution in [2.24, 2.45) is 5.10 Å². The predicted molar refractivity (Wildman–Crippen MR) is 68.3 cm³/mol. The number of hydrogen-bond acceptors (Lipinski definition) is 7. The maximum atomic E-state index is 11.4. The second-order valence-electron chi connectivity index (χ2n) is 3.72. The summed E-state index contributed by atoms with van der Waals surface area (Å²) in [6, 6.07) is 2.63. The lowest BCUT2D eigenvalue weighted by Gasteiger charge is -2.04. The summed E-state index contributed by atoms with van der Waals surface area (Å²) in [4.78, 5) is 21.2. The summed E-state index contributed by atoms with van der Waals surface area (Å²) < 4.78 is 9.94. The van der Waals surface area contributed by atoms with Crippen LogP contribution in [0.2, 0.25) is 0 Å². The third-order valence-electron chi connectivity index (χ3n) is 2.32. The van der Waals surface area contributed by atoms with Crippen molar-refractivity contribution in [1.82, 2.24) is 5.01 Å². The molecule has 0 aliphatic carbocycles. The number of amides is 1. The van der Waals surface area contributed by atoms with Crippen molar-refractivity contribution in [1.29, 1.82) is 0 Å². The lowest BCUT2D eigenvalue weighted by atomic mass is 10.4. The first-order valence-electron chi connectivity index (χ1n) is 5.35. The number of furan rings is 1. The van der Waals surface area contributed by atoms with E-state index in [4.69, 9.17) is 9.15 Å². The van der Waals surface area contributed by atoms with Gasteiger partial charge in [-0.15, -0.1) is 0 Å². The normalized spacial score (nSPS) is 19.1. The Balaban J connectivity index is 1.98. The van der Waals surface area contributed by atoms with Crippen LogP contribution in [0.25, 0.3) is 0 Å². The molecular weight excluding hydrogens is 274 g/mol. The molecular formula is C10H11N3O5S. The van der Waals surface area contributed by atoms with Crippen molar-refractivity contribution >= 4 is 30.0 Å². The molecule has 102 valence electrons. The largest absolute Gasteiger partial charge is 0.442 e. The van der Waals surface area contributed by atoms with E-state index >= 15 is 0 Å². The predicted octanol–water partition coefficient (Wildman–Crippen LogP) is 1.71. The summed E-state index contributed by atoms with van der Waals surface area (Å²) >= 11 is 1.57. The minimum absolute atomic E-state index is 0.189. The first-order valence-corrected chi connectivity index (χ1v) is 6.75. The van der Waals surface area contributed by atoms with Crippen LogP contribution in [0.3, 0.4) is 0 Å². The third kappa shape index (κ3) is 3.25. The van der Waals surface area contributed by atoms with Gasteiger partial charge < -0.3 is 9.15 Å². The number of hydrogen-bond donors (Lipinski definition) is 0. The molecule has 1 aliphatic rings. The van der Waals surface area contributed by atoms with Gasteiger partial charge in [0.05, 0.1) is 18.8 Å². The zero-order chi connectivity index (χ0) is 13.8. The minimum atomic E-state index is -0.643. The van der Waals surface area contributed by atoms with E-state index in [1.54, 1.807) is 11.8 Å². The van der Waals surface area contributed by atoms with Gasteiger partial charge in [0.1, 0.15) is 11.0 Å². The van der Waals surface area contributed by atoms with Crippen LogP contribution >= 0.6 is 11.8 Å². The Morgan fingerprint density at radius 2 is 2.47 bits per heavy atom. The summed E-state index contributed by atoms with van der Waals surface area (Å²) in [6.07, 6.45) is 2.44. The van der Waals surface area contributed by atoms with Crippen LogP contribution in [0.15, 0.2) is 21.7 Å². The highest BCUT2D eigenvalue weighted by Crippen LogP contribution is 2.16. The van der Waals surface area contributed by atoms with Gasteiger partial charge in [-0.3, -0.25) is 10.1 Å². The van der Waals surface area contributed by atoms with Crippen LogP contribution in [0, 0.1) is 10.1 Å². The number of cyclic esters (lactones) is 1. The molecule has 1 aromatic rings. The average Bonchev–Trinajstić information content (AvgIpc) is 2.94. The SMILES string of the molecule is CSCC1CN(/N=C\c2ccc([N+](=O)[O-])o2)C(=O)O1. The number of ether oxygens (including phenoxy) is 1. The molecule has 0 spiro atoms. The number of hydrazone groups is 1. The third-order valence-corrected chi connectivity index (χ3v) is 3.03. The Labute approximate surface area is 112 Å². The molecule has 9 heteroatoms. The Hall–Kier alpha value is -2.03. The molecule has 1 aliphatic heterocycles. The zero-order valence-corrected chi connectivity index (χ0v) is 10.8. The molecule has 1 amide bonds. The zero-order valence-electron chi connectivity index (χ0n) is 10.0. The molecule has 19 heavy (non-hydrogen) atoms. The van der Waals surface area contributed by atoms with Gasteiger partial charge in [0.2, 0.25) is 0 Å². The molecule has 0 bridgehead atoms. The maximum absolute atomic E-state index is 11.4. The Kier molecular flexibility index (Phi) is 4.05. The molecule has 0 N–H and O–H groups in total. The highest BCUT2D eigenvalue weighted by atomic mass is 32.2. The molecule has 1 unspecified atom stereocenters. The number of nitrogens with zero attached hydrogens (tertiary/aromatic N) is 3. The number of thioether (sulfide) groups is 1. The standard InChI is InChI=1S/C10H11N3O5S/c1-19-6-8-5-12(10(14)18-8)11-4-7-2-3-9(17-7)13(15)16/h2-4,8H,5-6H2,1H3/b11-4-. The van der Waals surface area contributed by atoms with E-state index in [0.29, 0.717) is 12.3 Å². The van der Waals surface area contributed by atoms with Gasteiger partial charge in [0.15, 0.2) is 5.76 Å². The van der Waals surface area contributed by atoms with Crippen molar-refractivity contribution in [3.63, 3.8) is 0 Å². The summed E-state index contributed by atoms with van der Waals surface area (Å²) in [5.74, 6) is 0.530. The van der Waals surface area contributed by atoms with Crippen LogP contribution in [0.4, 0.5) is 10.7 Å². The van der Waals surface area contributed by atoms with Crippen molar-refractivity contribution in [3.8, 4) is 0 Å². The highest BCUT2D eigenvalue weighted by Gasteiger charge is 2.30. The van der Waals surface area contributed by atoms with Crippen molar-refractivity contribution in [3.05, 3.63) is 28.0 Å². The van der Waals surface area contributed by atoms with Gasteiger partial charge in [0, 0.05) is 5.75 Å². The Bertz CT molecular complexity index is 515. The quantitative estimate of drug-likeness (QED) is 0.464. The second kappa shape index (κ2) is 5.74. The summed E-state index contributed by atoms with van der Waals surface area (Å²) in [7, 11) is 0. The molecule has 0 radical (unpaired) electrons. The number of nitro groups is 1. The van der Waals surface area contributed by atoms with Gasteiger partial charge in [-0.25, -0.2) is 4.79 Å². The van der Waals surface area contributed by atoms with Crippen molar-refractivity contribution in [2.45, 2.75) is 6.10 Å². The van der Waals surface area contributed by atoms with Crippen molar-refractivity contribution < 1.29 is 18.9 Å². The van der Waals surface area contributed by atoms with E-state index in [-0.39, 0.29) is 17.7 Å². The van der Waals surface area contributed by atoms with Crippen LogP contribution < -0.4 is 0 Å². The molecule has 2 heterocycles. The molecule has 1 fully saturated rings. The fourth-order valence-corrected chi connectivity index (χ4v) is 2.06. The molecule has 0 saturated carbocycles. The Morgan fingerprint density at radius 1 is 1.68 bits per heavy atom. The van der Waals surface area contributed by atoms with Gasteiger partial charge >= 0.3 is 12.0 Å². The van der Waals surface area contributed by atoms with Crippen molar-refractivity contribution in [2.75, 3.05) is 18.6 Å². The van der Waals surface area contributed by atoms with Crippen LogP contribution in [0.5, 0.6) is 0 Å². The molecule has 0 aromatic carbocycles. The van der Waals surface area contributed by atoms with E-state index in [0.717, 1.165) is 5.01 Å².